The molecule has 1 unspecified atom stereocenters. The van der Waals surface area contributed by atoms with Gasteiger partial charge in [-0.05, 0) is 31.2 Å². The molecule has 0 aliphatic heterocycles. The van der Waals surface area contributed by atoms with Gasteiger partial charge in [-0.1, -0.05) is 52.9 Å². The van der Waals surface area contributed by atoms with Crippen LogP contribution in [0.15, 0.2) is 0 Å². The second kappa shape index (κ2) is 9.51. The predicted octanol–water partition coefficient (Wildman–Crippen LogP) is 3.97. The third-order valence-corrected chi connectivity index (χ3v) is 3.09. The largest absolute Gasteiger partial charge is 0.330 e. The smallest absolute Gasteiger partial charge is 0.00488 e. The summed E-state index contributed by atoms with van der Waals surface area (Å²) in [5.41, 5.74) is 5.80. The summed E-state index contributed by atoms with van der Waals surface area (Å²) in [6.07, 6.45) is 9.42. The Morgan fingerprint density at radius 1 is 0.786 bits per heavy atom. The fraction of sp³-hybridized carbons (Fsp3) is 1.00. The van der Waals surface area contributed by atoms with Gasteiger partial charge in [0.15, 0.2) is 0 Å². The van der Waals surface area contributed by atoms with E-state index in [1.165, 1.54) is 44.9 Å². The molecule has 0 saturated heterocycles. The van der Waals surface area contributed by atoms with Crippen molar-refractivity contribution in [3.63, 3.8) is 0 Å². The van der Waals surface area contributed by atoms with Gasteiger partial charge in [-0.2, -0.15) is 0 Å². The second-order valence-electron chi connectivity index (χ2n) is 4.57. The van der Waals surface area contributed by atoms with Crippen LogP contribution in [0.1, 0.15) is 65.7 Å². The third kappa shape index (κ3) is 6.42. The molecule has 1 nitrogen and oxygen atoms in total. The van der Waals surface area contributed by atoms with Gasteiger partial charge in [0.1, 0.15) is 0 Å². The molecule has 1 heteroatoms. The molecule has 0 heterocycles. The maximum atomic E-state index is 5.80. The lowest BCUT2D eigenvalue weighted by atomic mass is 9.86. The minimum atomic E-state index is 0.781. The van der Waals surface area contributed by atoms with Crippen molar-refractivity contribution >= 4 is 0 Å². The third-order valence-electron chi connectivity index (χ3n) is 3.09. The van der Waals surface area contributed by atoms with Crippen LogP contribution in [0.5, 0.6) is 0 Å². The average molecular weight is 199 g/mol. The topological polar surface area (TPSA) is 26.0 Å². The van der Waals surface area contributed by atoms with Crippen LogP contribution in [0.25, 0.3) is 0 Å². The summed E-state index contributed by atoms with van der Waals surface area (Å²) in [6, 6.07) is 0. The van der Waals surface area contributed by atoms with Gasteiger partial charge in [0, 0.05) is 0 Å². The first-order valence-corrected chi connectivity index (χ1v) is 6.48. The van der Waals surface area contributed by atoms with Gasteiger partial charge in [-0.15, -0.1) is 0 Å². The Morgan fingerprint density at radius 2 is 1.21 bits per heavy atom. The van der Waals surface area contributed by atoms with E-state index in [-0.39, 0.29) is 0 Å². The standard InChI is InChI=1S/C13H29N/c1-4-7-12(8-5-2)10-13(11-14)9-6-3/h12-13H,4-11,14H2,1-3H3. The summed E-state index contributed by atoms with van der Waals surface area (Å²) >= 11 is 0. The van der Waals surface area contributed by atoms with E-state index in [2.05, 4.69) is 20.8 Å². The zero-order valence-corrected chi connectivity index (χ0v) is 10.4. The van der Waals surface area contributed by atoms with Gasteiger partial charge in [0.05, 0.1) is 0 Å². The highest BCUT2D eigenvalue weighted by Crippen LogP contribution is 2.24. The van der Waals surface area contributed by atoms with E-state index < -0.39 is 0 Å². The predicted molar refractivity (Wildman–Crippen MR) is 65.4 cm³/mol. The first-order valence-electron chi connectivity index (χ1n) is 6.48. The van der Waals surface area contributed by atoms with Crippen molar-refractivity contribution in [1.82, 2.24) is 0 Å². The molecule has 14 heavy (non-hydrogen) atoms. The highest BCUT2D eigenvalue weighted by atomic mass is 14.5. The molecular weight excluding hydrogens is 170 g/mol. The second-order valence-corrected chi connectivity index (χ2v) is 4.57. The fourth-order valence-corrected chi connectivity index (χ4v) is 2.41. The van der Waals surface area contributed by atoms with Crippen molar-refractivity contribution in [3.05, 3.63) is 0 Å². The van der Waals surface area contributed by atoms with E-state index in [9.17, 15) is 0 Å². The van der Waals surface area contributed by atoms with Crippen molar-refractivity contribution in [2.45, 2.75) is 65.7 Å². The summed E-state index contributed by atoms with van der Waals surface area (Å²) in [5.74, 6) is 1.72. The highest BCUT2D eigenvalue weighted by Gasteiger charge is 2.13. The molecule has 0 radical (unpaired) electrons. The number of nitrogens with two attached hydrogens (primary N) is 1. The van der Waals surface area contributed by atoms with Crippen LogP contribution in [-0.4, -0.2) is 6.54 Å². The molecule has 0 rings (SSSR count). The Hall–Kier alpha value is -0.0400. The number of hydrogen-bond donors (Lipinski definition) is 1. The summed E-state index contributed by atoms with van der Waals surface area (Å²) < 4.78 is 0. The van der Waals surface area contributed by atoms with Crippen LogP contribution in [0.3, 0.4) is 0 Å². The molecule has 0 aliphatic carbocycles. The van der Waals surface area contributed by atoms with Crippen molar-refractivity contribution in [2.24, 2.45) is 17.6 Å². The van der Waals surface area contributed by atoms with Gasteiger partial charge >= 0.3 is 0 Å². The van der Waals surface area contributed by atoms with Gasteiger partial charge in [-0.25, -0.2) is 0 Å². The molecule has 0 bridgehead atoms. The van der Waals surface area contributed by atoms with Crippen LogP contribution in [0.4, 0.5) is 0 Å². The minimum absolute atomic E-state index is 0.781. The van der Waals surface area contributed by atoms with E-state index in [0.29, 0.717) is 0 Å². The quantitative estimate of drug-likeness (QED) is 0.597. The van der Waals surface area contributed by atoms with E-state index in [0.717, 1.165) is 18.4 Å². The molecule has 0 spiro atoms. The van der Waals surface area contributed by atoms with Crippen LogP contribution in [0.2, 0.25) is 0 Å². The van der Waals surface area contributed by atoms with Gasteiger partial charge in [-0.3, -0.25) is 0 Å². The fourth-order valence-electron chi connectivity index (χ4n) is 2.41. The van der Waals surface area contributed by atoms with E-state index in [1.54, 1.807) is 0 Å². The van der Waals surface area contributed by atoms with E-state index >= 15 is 0 Å². The molecule has 1 atom stereocenters. The normalized spacial score (nSPS) is 13.5. The van der Waals surface area contributed by atoms with E-state index in [4.69, 9.17) is 5.73 Å². The summed E-state index contributed by atoms with van der Waals surface area (Å²) in [4.78, 5) is 0. The van der Waals surface area contributed by atoms with Crippen molar-refractivity contribution in [1.29, 1.82) is 0 Å². The molecule has 2 N–H and O–H groups in total. The number of hydrogen-bond acceptors (Lipinski definition) is 1. The average Bonchev–Trinajstić information content (AvgIpc) is 2.18. The molecule has 0 amide bonds. The Labute approximate surface area is 90.5 Å². The molecular formula is C13H29N. The Kier molecular flexibility index (Phi) is 9.49. The van der Waals surface area contributed by atoms with Crippen LogP contribution >= 0.6 is 0 Å². The van der Waals surface area contributed by atoms with Crippen LogP contribution in [-0.2, 0) is 0 Å². The highest BCUT2D eigenvalue weighted by molar-refractivity contribution is 4.67. The van der Waals surface area contributed by atoms with Gasteiger partial charge in [0.25, 0.3) is 0 Å². The lowest BCUT2D eigenvalue weighted by Gasteiger charge is -2.21. The monoisotopic (exact) mass is 199 g/mol. The van der Waals surface area contributed by atoms with Crippen LogP contribution < -0.4 is 5.73 Å². The molecule has 0 saturated carbocycles. The number of rotatable bonds is 9. The molecule has 0 aromatic rings. The van der Waals surface area contributed by atoms with Crippen molar-refractivity contribution in [2.75, 3.05) is 6.54 Å². The zero-order valence-electron chi connectivity index (χ0n) is 10.4. The summed E-state index contributed by atoms with van der Waals surface area (Å²) in [6.45, 7) is 7.73. The molecule has 0 aromatic heterocycles. The summed E-state index contributed by atoms with van der Waals surface area (Å²) in [7, 11) is 0. The molecule has 0 fully saturated rings. The lowest BCUT2D eigenvalue weighted by Crippen LogP contribution is -2.18. The zero-order chi connectivity index (χ0) is 10.8. The SMILES string of the molecule is CCCC(CN)CC(CCC)CCC. The minimum Gasteiger partial charge on any atom is -0.330 e. The molecule has 0 aliphatic rings. The maximum Gasteiger partial charge on any atom is -0.00488 e. The van der Waals surface area contributed by atoms with E-state index in [1.807, 2.05) is 0 Å². The first kappa shape index (κ1) is 14.0. The van der Waals surface area contributed by atoms with Gasteiger partial charge in [0.2, 0.25) is 0 Å². The van der Waals surface area contributed by atoms with Crippen molar-refractivity contribution in [3.8, 4) is 0 Å². The Balaban J connectivity index is 3.83. The maximum absolute atomic E-state index is 5.80. The first-order chi connectivity index (χ1) is 6.78. The Bertz CT molecular complexity index is 106. The van der Waals surface area contributed by atoms with Crippen molar-refractivity contribution < 1.29 is 0 Å². The Morgan fingerprint density at radius 3 is 1.57 bits per heavy atom. The molecule has 86 valence electrons. The van der Waals surface area contributed by atoms with Gasteiger partial charge < -0.3 is 5.73 Å². The molecule has 0 aromatic carbocycles. The van der Waals surface area contributed by atoms with Crippen LogP contribution in [0, 0.1) is 11.8 Å². The summed E-state index contributed by atoms with van der Waals surface area (Å²) in [5, 5.41) is 0. The lowest BCUT2D eigenvalue weighted by molar-refractivity contribution is 0.320.